The van der Waals surface area contributed by atoms with E-state index in [-0.39, 0.29) is 6.10 Å². The van der Waals surface area contributed by atoms with Crippen LogP contribution in [-0.4, -0.2) is 22.8 Å². The number of hydrogen-bond donors (Lipinski definition) is 2. The van der Waals surface area contributed by atoms with Gasteiger partial charge in [-0.3, -0.25) is 0 Å². The van der Waals surface area contributed by atoms with E-state index in [1.807, 2.05) is 0 Å². The first kappa shape index (κ1) is 16.3. The minimum absolute atomic E-state index is 0.147. The van der Waals surface area contributed by atoms with E-state index in [1.165, 1.54) is 56.9 Å². The first-order chi connectivity index (χ1) is 12.2. The van der Waals surface area contributed by atoms with E-state index in [9.17, 15) is 5.11 Å². The Morgan fingerprint density at radius 3 is 2.32 bits per heavy atom. The van der Waals surface area contributed by atoms with Crippen LogP contribution in [0.4, 0.5) is 0 Å². The van der Waals surface area contributed by atoms with Crippen LogP contribution in [-0.2, 0) is 0 Å². The third kappa shape index (κ3) is 3.28. The van der Waals surface area contributed by atoms with E-state index in [1.54, 1.807) is 0 Å². The molecule has 6 rings (SSSR count). The van der Waals surface area contributed by atoms with Crippen LogP contribution in [0.15, 0.2) is 30.3 Å². The molecule has 0 aliphatic heterocycles. The van der Waals surface area contributed by atoms with Crippen molar-refractivity contribution in [2.24, 2.45) is 17.8 Å². The zero-order valence-corrected chi connectivity index (χ0v) is 15.4. The van der Waals surface area contributed by atoms with Crippen LogP contribution in [0.1, 0.15) is 75.7 Å². The molecule has 5 saturated carbocycles. The fraction of sp³-hybridized carbons (Fsp3) is 0.739. The lowest BCUT2D eigenvalue weighted by molar-refractivity contribution is 0.0559. The normalized spacial score (nSPS) is 46.1. The summed E-state index contributed by atoms with van der Waals surface area (Å²) in [5.41, 5.74) is 1.80. The van der Waals surface area contributed by atoms with Crippen molar-refractivity contribution < 1.29 is 5.11 Å². The summed E-state index contributed by atoms with van der Waals surface area (Å²) in [5.74, 6) is 3.48. The van der Waals surface area contributed by atoms with E-state index in [0.29, 0.717) is 17.5 Å². The minimum Gasteiger partial charge on any atom is -0.393 e. The van der Waals surface area contributed by atoms with Crippen molar-refractivity contribution in [2.45, 2.75) is 87.8 Å². The highest BCUT2D eigenvalue weighted by molar-refractivity contribution is 5.21. The molecule has 4 bridgehead atoms. The molecule has 5 fully saturated rings. The maximum atomic E-state index is 10.5. The number of hydrogen-bond acceptors (Lipinski definition) is 2. The first-order valence-electron chi connectivity index (χ1n) is 10.7. The SMILES string of the molecule is OC1CC(NC23CC[C@H]4CC(C[C@H](C4)C2)C3)CC(c2ccccc2)C1. The quantitative estimate of drug-likeness (QED) is 0.841. The van der Waals surface area contributed by atoms with Crippen molar-refractivity contribution in [3.05, 3.63) is 35.9 Å². The molecule has 0 amide bonds. The van der Waals surface area contributed by atoms with Crippen LogP contribution in [0.3, 0.4) is 0 Å². The smallest absolute Gasteiger partial charge is 0.0561 e. The van der Waals surface area contributed by atoms with Gasteiger partial charge in [0, 0.05) is 11.6 Å². The Morgan fingerprint density at radius 2 is 1.56 bits per heavy atom. The lowest BCUT2D eigenvalue weighted by Gasteiger charge is -2.48. The molecular formula is C23H33NO. The van der Waals surface area contributed by atoms with Gasteiger partial charge in [-0.2, -0.15) is 0 Å². The summed E-state index contributed by atoms with van der Waals surface area (Å²) in [7, 11) is 0. The van der Waals surface area contributed by atoms with Crippen molar-refractivity contribution in [1.29, 1.82) is 0 Å². The van der Waals surface area contributed by atoms with E-state index >= 15 is 0 Å². The van der Waals surface area contributed by atoms with Crippen LogP contribution in [0.5, 0.6) is 0 Å². The topological polar surface area (TPSA) is 32.3 Å². The summed E-state index contributed by atoms with van der Waals surface area (Å²) in [6, 6.07) is 11.4. The van der Waals surface area contributed by atoms with Gasteiger partial charge < -0.3 is 10.4 Å². The van der Waals surface area contributed by atoms with E-state index in [4.69, 9.17) is 0 Å². The third-order valence-corrected chi connectivity index (χ3v) is 7.85. The summed E-state index contributed by atoms with van der Waals surface area (Å²) in [6.45, 7) is 0. The van der Waals surface area contributed by atoms with Crippen LogP contribution in [0.2, 0.25) is 0 Å². The van der Waals surface area contributed by atoms with Crippen LogP contribution in [0.25, 0.3) is 0 Å². The molecule has 2 heteroatoms. The Balaban J connectivity index is 1.33. The standard InChI is InChI=1S/C23H33NO/c25-22-12-20(19-4-2-1-3-5-19)11-21(13-22)24-23-7-6-16-8-17(14-23)10-18(9-16)15-23/h1-5,16-18,20-22,24-25H,6-15H2/t16-,17+,18?,20?,21?,22?,23?/m1/s1. The summed E-state index contributed by atoms with van der Waals surface area (Å²) in [4.78, 5) is 0. The monoisotopic (exact) mass is 339 g/mol. The van der Waals surface area contributed by atoms with Crippen LogP contribution in [0, 0.1) is 17.8 Å². The molecule has 1 aromatic carbocycles. The predicted octanol–water partition coefficient (Wildman–Crippen LogP) is 4.63. The highest BCUT2D eigenvalue weighted by Gasteiger charge is 2.48. The predicted molar refractivity (Wildman–Crippen MR) is 101 cm³/mol. The maximum Gasteiger partial charge on any atom is 0.0561 e. The van der Waals surface area contributed by atoms with Gasteiger partial charge in [-0.1, -0.05) is 30.3 Å². The molecule has 136 valence electrons. The van der Waals surface area contributed by atoms with Crippen molar-refractivity contribution in [3.8, 4) is 0 Å². The van der Waals surface area contributed by atoms with Crippen LogP contribution < -0.4 is 5.32 Å². The summed E-state index contributed by atoms with van der Waals surface area (Å²) >= 11 is 0. The average molecular weight is 340 g/mol. The lowest BCUT2D eigenvalue weighted by Crippen LogP contribution is -2.56. The first-order valence-corrected chi connectivity index (χ1v) is 10.7. The largest absolute Gasteiger partial charge is 0.393 e. The van der Waals surface area contributed by atoms with Gasteiger partial charge in [0.1, 0.15) is 0 Å². The van der Waals surface area contributed by atoms with Crippen molar-refractivity contribution in [2.75, 3.05) is 0 Å². The Hall–Kier alpha value is -0.860. The maximum absolute atomic E-state index is 10.5. The second-order valence-electron chi connectivity index (χ2n) is 9.84. The molecule has 0 radical (unpaired) electrons. The second kappa shape index (κ2) is 6.39. The lowest BCUT2D eigenvalue weighted by atomic mass is 9.64. The van der Waals surface area contributed by atoms with Gasteiger partial charge in [-0.05, 0) is 93.4 Å². The highest BCUT2D eigenvalue weighted by atomic mass is 16.3. The molecule has 5 aliphatic rings. The molecule has 5 unspecified atom stereocenters. The Bertz CT molecular complexity index is 585. The van der Waals surface area contributed by atoms with Crippen LogP contribution >= 0.6 is 0 Å². The highest BCUT2D eigenvalue weighted by Crippen LogP contribution is 2.53. The van der Waals surface area contributed by atoms with E-state index in [2.05, 4.69) is 35.6 Å². The van der Waals surface area contributed by atoms with E-state index in [0.717, 1.165) is 30.6 Å². The fourth-order valence-corrected chi connectivity index (χ4v) is 7.17. The molecule has 0 saturated heterocycles. The molecule has 0 aromatic heterocycles. The molecule has 5 aliphatic carbocycles. The molecular weight excluding hydrogens is 306 g/mol. The number of rotatable bonds is 3. The zero-order valence-electron chi connectivity index (χ0n) is 15.4. The Labute approximate surface area is 152 Å². The number of benzene rings is 1. The van der Waals surface area contributed by atoms with Crippen molar-refractivity contribution >= 4 is 0 Å². The fourth-order valence-electron chi connectivity index (χ4n) is 7.17. The third-order valence-electron chi connectivity index (χ3n) is 7.85. The van der Waals surface area contributed by atoms with Gasteiger partial charge in [0.25, 0.3) is 0 Å². The number of aliphatic hydroxyl groups excluding tert-OH is 1. The van der Waals surface area contributed by atoms with Gasteiger partial charge in [0.05, 0.1) is 6.10 Å². The molecule has 0 spiro atoms. The Kier molecular flexibility index (Phi) is 4.17. The number of aliphatic hydroxyl groups is 1. The number of fused-ring (bicyclic) bond motifs is 1. The van der Waals surface area contributed by atoms with Gasteiger partial charge in [0.15, 0.2) is 0 Å². The molecule has 7 atom stereocenters. The summed E-state index contributed by atoms with van der Waals surface area (Å²) in [5, 5.41) is 14.7. The van der Waals surface area contributed by atoms with Crippen molar-refractivity contribution in [1.82, 2.24) is 5.32 Å². The molecule has 1 aromatic rings. The summed E-state index contributed by atoms with van der Waals surface area (Å²) < 4.78 is 0. The number of nitrogens with one attached hydrogen (secondary N) is 1. The Morgan fingerprint density at radius 1 is 0.840 bits per heavy atom. The van der Waals surface area contributed by atoms with Gasteiger partial charge in [0.2, 0.25) is 0 Å². The second-order valence-corrected chi connectivity index (χ2v) is 9.84. The summed E-state index contributed by atoms with van der Waals surface area (Å²) in [6.07, 6.45) is 13.1. The molecule has 2 N–H and O–H groups in total. The van der Waals surface area contributed by atoms with Gasteiger partial charge in [-0.15, -0.1) is 0 Å². The average Bonchev–Trinajstić information content (AvgIpc) is 2.79. The van der Waals surface area contributed by atoms with Gasteiger partial charge >= 0.3 is 0 Å². The van der Waals surface area contributed by atoms with Gasteiger partial charge in [-0.25, -0.2) is 0 Å². The molecule has 0 heterocycles. The molecule has 2 nitrogen and oxygen atoms in total. The van der Waals surface area contributed by atoms with E-state index < -0.39 is 0 Å². The molecule has 25 heavy (non-hydrogen) atoms. The minimum atomic E-state index is -0.147. The van der Waals surface area contributed by atoms with Crippen molar-refractivity contribution in [3.63, 3.8) is 0 Å². The zero-order chi connectivity index (χ0) is 16.9.